The number of nitrogens with zero attached hydrogens (tertiary/aromatic N) is 1. The summed E-state index contributed by atoms with van der Waals surface area (Å²) in [6, 6.07) is 3.91. The number of piperidine rings is 1. The maximum atomic E-state index is 12.5. The third kappa shape index (κ3) is 4.75. The number of aryl methyl sites for hydroxylation is 1. The highest BCUT2D eigenvalue weighted by Crippen LogP contribution is 2.31. The molecular weight excluding hydrogens is 316 g/mol. The van der Waals surface area contributed by atoms with Crippen LogP contribution in [-0.4, -0.2) is 45.2 Å². The Morgan fingerprint density at radius 3 is 2.52 bits per heavy atom. The minimum atomic E-state index is 0. The van der Waals surface area contributed by atoms with Crippen LogP contribution in [0.25, 0.3) is 0 Å². The second-order valence-corrected chi connectivity index (χ2v) is 5.87. The maximum absolute atomic E-state index is 12.5. The summed E-state index contributed by atoms with van der Waals surface area (Å²) in [6.07, 6.45) is 2.04. The Morgan fingerprint density at radius 1 is 1.30 bits per heavy atom. The fraction of sp³-hybridized carbons (Fsp3) is 0.588. The van der Waals surface area contributed by atoms with Crippen molar-refractivity contribution in [3.05, 3.63) is 23.3 Å². The number of carbonyl (C=O) groups excluding carboxylic acids is 1. The molecule has 0 aliphatic carbocycles. The minimum absolute atomic E-state index is 0. The molecule has 0 aromatic heterocycles. The molecule has 1 fully saturated rings. The SMILES string of the molecule is COc1cc(C)c(CN(C)C(=O)C2CCCNC2)cc1OC.Cl. The van der Waals surface area contributed by atoms with Crippen molar-refractivity contribution in [2.75, 3.05) is 34.4 Å². The van der Waals surface area contributed by atoms with Crippen LogP contribution < -0.4 is 14.8 Å². The van der Waals surface area contributed by atoms with E-state index in [4.69, 9.17) is 9.47 Å². The standard InChI is InChI=1S/C17H26N2O3.ClH/c1-12-8-15(21-3)16(22-4)9-14(12)11-19(2)17(20)13-6-5-7-18-10-13;/h8-9,13,18H,5-7,10-11H2,1-4H3;1H. The molecule has 1 unspecified atom stereocenters. The summed E-state index contributed by atoms with van der Waals surface area (Å²) in [5.41, 5.74) is 2.18. The lowest BCUT2D eigenvalue weighted by atomic mass is 9.98. The zero-order valence-corrected chi connectivity index (χ0v) is 15.2. The van der Waals surface area contributed by atoms with Crippen molar-refractivity contribution in [3.63, 3.8) is 0 Å². The largest absolute Gasteiger partial charge is 0.493 e. The lowest BCUT2D eigenvalue weighted by Crippen LogP contribution is -2.41. The van der Waals surface area contributed by atoms with Crippen LogP contribution >= 0.6 is 12.4 Å². The molecule has 0 bridgehead atoms. The summed E-state index contributed by atoms with van der Waals surface area (Å²) < 4.78 is 10.7. The van der Waals surface area contributed by atoms with Gasteiger partial charge in [-0.1, -0.05) is 0 Å². The predicted octanol–water partition coefficient (Wildman–Crippen LogP) is 2.39. The first-order valence-electron chi connectivity index (χ1n) is 7.74. The van der Waals surface area contributed by atoms with E-state index in [0.29, 0.717) is 18.0 Å². The number of carbonyl (C=O) groups is 1. The van der Waals surface area contributed by atoms with Crippen LogP contribution in [0, 0.1) is 12.8 Å². The Morgan fingerprint density at radius 2 is 1.96 bits per heavy atom. The maximum Gasteiger partial charge on any atom is 0.227 e. The molecule has 2 rings (SSSR count). The minimum Gasteiger partial charge on any atom is -0.493 e. The van der Waals surface area contributed by atoms with Crippen LogP contribution in [0.4, 0.5) is 0 Å². The van der Waals surface area contributed by atoms with E-state index >= 15 is 0 Å². The molecule has 130 valence electrons. The van der Waals surface area contributed by atoms with Gasteiger partial charge in [0.15, 0.2) is 11.5 Å². The number of hydrogen-bond donors (Lipinski definition) is 1. The molecular formula is C17H27ClN2O3. The number of hydrogen-bond acceptors (Lipinski definition) is 4. The molecule has 1 aliphatic rings. The summed E-state index contributed by atoms with van der Waals surface area (Å²) in [5, 5.41) is 3.30. The van der Waals surface area contributed by atoms with E-state index < -0.39 is 0 Å². The van der Waals surface area contributed by atoms with Crippen LogP contribution in [0.5, 0.6) is 11.5 Å². The summed E-state index contributed by atoms with van der Waals surface area (Å²) in [4.78, 5) is 14.3. The van der Waals surface area contributed by atoms with Gasteiger partial charge >= 0.3 is 0 Å². The Labute approximate surface area is 144 Å². The zero-order valence-electron chi connectivity index (χ0n) is 14.3. The number of nitrogens with one attached hydrogen (secondary N) is 1. The molecule has 1 saturated heterocycles. The van der Waals surface area contributed by atoms with Gasteiger partial charge in [-0.05, 0) is 49.6 Å². The van der Waals surface area contributed by atoms with Gasteiger partial charge in [-0.25, -0.2) is 0 Å². The Kier molecular flexibility index (Phi) is 7.65. The zero-order chi connectivity index (χ0) is 16.1. The fourth-order valence-corrected chi connectivity index (χ4v) is 2.90. The van der Waals surface area contributed by atoms with Gasteiger partial charge in [-0.15, -0.1) is 12.4 Å². The molecule has 6 heteroatoms. The van der Waals surface area contributed by atoms with E-state index in [1.165, 1.54) is 0 Å². The van der Waals surface area contributed by atoms with E-state index in [9.17, 15) is 4.79 Å². The highest BCUT2D eigenvalue weighted by atomic mass is 35.5. The van der Waals surface area contributed by atoms with E-state index in [1.54, 1.807) is 14.2 Å². The summed E-state index contributed by atoms with van der Waals surface area (Å²) in [5.74, 6) is 1.72. The summed E-state index contributed by atoms with van der Waals surface area (Å²) in [6.45, 7) is 4.41. The van der Waals surface area contributed by atoms with Gasteiger partial charge in [-0.2, -0.15) is 0 Å². The molecule has 0 saturated carbocycles. The fourth-order valence-electron chi connectivity index (χ4n) is 2.90. The van der Waals surface area contributed by atoms with Crippen molar-refractivity contribution in [1.82, 2.24) is 10.2 Å². The van der Waals surface area contributed by atoms with Gasteiger partial charge in [0.1, 0.15) is 0 Å². The molecule has 1 atom stereocenters. The predicted molar refractivity (Wildman–Crippen MR) is 93.6 cm³/mol. The van der Waals surface area contributed by atoms with Crippen molar-refractivity contribution >= 4 is 18.3 Å². The van der Waals surface area contributed by atoms with Crippen LogP contribution in [0.15, 0.2) is 12.1 Å². The molecule has 1 aliphatic heterocycles. The van der Waals surface area contributed by atoms with Gasteiger partial charge in [0.2, 0.25) is 5.91 Å². The van der Waals surface area contributed by atoms with E-state index in [0.717, 1.165) is 37.1 Å². The van der Waals surface area contributed by atoms with Gasteiger partial charge in [0.25, 0.3) is 0 Å². The first kappa shape index (κ1) is 19.6. The van der Waals surface area contributed by atoms with Crippen LogP contribution in [0.2, 0.25) is 0 Å². The third-order valence-corrected chi connectivity index (χ3v) is 4.27. The Bertz CT molecular complexity index is 531. The van der Waals surface area contributed by atoms with Gasteiger partial charge < -0.3 is 19.7 Å². The Hall–Kier alpha value is -1.46. The van der Waals surface area contributed by atoms with Crippen LogP contribution in [0.3, 0.4) is 0 Å². The number of halogens is 1. The summed E-state index contributed by atoms with van der Waals surface area (Å²) in [7, 11) is 5.12. The summed E-state index contributed by atoms with van der Waals surface area (Å²) >= 11 is 0. The molecule has 23 heavy (non-hydrogen) atoms. The highest BCUT2D eigenvalue weighted by molar-refractivity contribution is 5.85. The molecule has 1 heterocycles. The van der Waals surface area contributed by atoms with E-state index in [2.05, 4.69) is 5.32 Å². The number of benzene rings is 1. The Balaban J connectivity index is 0.00000264. The number of amides is 1. The van der Waals surface area contributed by atoms with Crippen molar-refractivity contribution < 1.29 is 14.3 Å². The topological polar surface area (TPSA) is 50.8 Å². The molecule has 1 amide bonds. The average Bonchev–Trinajstić information content (AvgIpc) is 2.56. The van der Waals surface area contributed by atoms with E-state index in [1.807, 2.05) is 31.0 Å². The molecule has 1 N–H and O–H groups in total. The van der Waals surface area contributed by atoms with Gasteiger partial charge in [0, 0.05) is 20.1 Å². The van der Waals surface area contributed by atoms with Crippen LogP contribution in [0.1, 0.15) is 24.0 Å². The highest BCUT2D eigenvalue weighted by Gasteiger charge is 2.24. The third-order valence-electron chi connectivity index (χ3n) is 4.27. The van der Waals surface area contributed by atoms with Crippen molar-refractivity contribution in [3.8, 4) is 11.5 Å². The molecule has 1 aromatic rings. The molecule has 5 nitrogen and oxygen atoms in total. The van der Waals surface area contributed by atoms with Crippen molar-refractivity contribution in [2.45, 2.75) is 26.3 Å². The van der Waals surface area contributed by atoms with Crippen molar-refractivity contribution in [2.24, 2.45) is 5.92 Å². The quantitative estimate of drug-likeness (QED) is 0.892. The number of ether oxygens (including phenoxy) is 2. The number of rotatable bonds is 5. The average molecular weight is 343 g/mol. The van der Waals surface area contributed by atoms with E-state index in [-0.39, 0.29) is 24.2 Å². The second kappa shape index (κ2) is 8.99. The smallest absolute Gasteiger partial charge is 0.227 e. The molecule has 1 aromatic carbocycles. The normalized spacial score (nSPS) is 17.1. The first-order chi connectivity index (χ1) is 10.6. The van der Waals surface area contributed by atoms with Crippen LogP contribution in [-0.2, 0) is 11.3 Å². The van der Waals surface area contributed by atoms with Crippen molar-refractivity contribution in [1.29, 1.82) is 0 Å². The molecule has 0 spiro atoms. The van der Waals surface area contributed by atoms with Gasteiger partial charge in [0.05, 0.1) is 20.1 Å². The first-order valence-corrected chi connectivity index (χ1v) is 7.74. The lowest BCUT2D eigenvalue weighted by Gasteiger charge is -2.27. The second-order valence-electron chi connectivity index (χ2n) is 5.87. The van der Waals surface area contributed by atoms with Gasteiger partial charge in [-0.3, -0.25) is 4.79 Å². The monoisotopic (exact) mass is 342 g/mol. The lowest BCUT2D eigenvalue weighted by molar-refractivity contribution is -0.135. The molecule has 0 radical (unpaired) electrons. The number of methoxy groups -OCH3 is 2.